The second-order valence-electron chi connectivity index (χ2n) is 4.92. The van der Waals surface area contributed by atoms with Crippen molar-refractivity contribution in [3.63, 3.8) is 0 Å². The number of benzene rings is 1. The molecule has 0 unspecified atom stereocenters. The zero-order chi connectivity index (χ0) is 11.8. The fourth-order valence-electron chi connectivity index (χ4n) is 2.77. The summed E-state index contributed by atoms with van der Waals surface area (Å²) in [5.41, 5.74) is 8.21. The van der Waals surface area contributed by atoms with Crippen LogP contribution in [0.4, 0.5) is 5.82 Å². The standard InChI is InChI=1S/C14H17N3/c1-9-5-4-8-11-12(9)13(15)17-14(16-11)10-6-2-3-7-10/h4-5,8,10H,2-3,6-7H2,1H3,(H2,15,16,17). The third-order valence-corrected chi connectivity index (χ3v) is 3.70. The number of nitrogen functional groups attached to an aromatic ring is 1. The normalized spacial score (nSPS) is 16.8. The highest BCUT2D eigenvalue weighted by atomic mass is 15.0. The molecular formula is C14H17N3. The van der Waals surface area contributed by atoms with E-state index in [1.807, 2.05) is 12.1 Å². The van der Waals surface area contributed by atoms with Gasteiger partial charge in [-0.2, -0.15) is 0 Å². The molecule has 0 spiro atoms. The van der Waals surface area contributed by atoms with Crippen LogP contribution in [-0.2, 0) is 0 Å². The molecule has 1 aliphatic carbocycles. The maximum Gasteiger partial charge on any atom is 0.135 e. The molecule has 0 aliphatic heterocycles. The number of rotatable bonds is 1. The Kier molecular flexibility index (Phi) is 2.46. The first-order chi connectivity index (χ1) is 8.25. The molecule has 0 radical (unpaired) electrons. The predicted molar refractivity (Wildman–Crippen MR) is 69.9 cm³/mol. The van der Waals surface area contributed by atoms with Crippen LogP contribution in [0.15, 0.2) is 18.2 Å². The van der Waals surface area contributed by atoms with Crippen molar-refractivity contribution in [2.75, 3.05) is 5.73 Å². The summed E-state index contributed by atoms with van der Waals surface area (Å²) in [6.45, 7) is 2.05. The Bertz CT molecular complexity index is 557. The molecule has 1 heterocycles. The van der Waals surface area contributed by atoms with Crippen molar-refractivity contribution in [3.8, 4) is 0 Å². The van der Waals surface area contributed by atoms with Crippen LogP contribution < -0.4 is 5.73 Å². The molecule has 2 aromatic rings. The van der Waals surface area contributed by atoms with Crippen molar-refractivity contribution >= 4 is 16.7 Å². The largest absolute Gasteiger partial charge is 0.383 e. The zero-order valence-electron chi connectivity index (χ0n) is 10.1. The van der Waals surface area contributed by atoms with Gasteiger partial charge in [0.2, 0.25) is 0 Å². The maximum absolute atomic E-state index is 6.07. The van der Waals surface area contributed by atoms with Gasteiger partial charge >= 0.3 is 0 Å². The van der Waals surface area contributed by atoms with E-state index in [-0.39, 0.29) is 0 Å². The third kappa shape index (κ3) is 1.75. The molecule has 3 rings (SSSR count). The van der Waals surface area contributed by atoms with Crippen molar-refractivity contribution in [3.05, 3.63) is 29.6 Å². The van der Waals surface area contributed by atoms with Crippen LogP contribution in [0.2, 0.25) is 0 Å². The van der Waals surface area contributed by atoms with E-state index >= 15 is 0 Å². The topological polar surface area (TPSA) is 51.8 Å². The van der Waals surface area contributed by atoms with Gasteiger partial charge in [0.25, 0.3) is 0 Å². The first kappa shape index (κ1) is 10.5. The Balaban J connectivity index is 2.17. The molecule has 0 saturated heterocycles. The molecule has 2 N–H and O–H groups in total. The smallest absolute Gasteiger partial charge is 0.135 e. The van der Waals surface area contributed by atoms with Gasteiger partial charge in [0.1, 0.15) is 11.6 Å². The number of hydrogen-bond acceptors (Lipinski definition) is 3. The summed E-state index contributed by atoms with van der Waals surface area (Å²) in [6, 6.07) is 6.11. The van der Waals surface area contributed by atoms with Gasteiger partial charge in [-0.05, 0) is 31.4 Å². The lowest BCUT2D eigenvalue weighted by molar-refractivity contribution is 0.674. The third-order valence-electron chi connectivity index (χ3n) is 3.70. The average Bonchev–Trinajstić information content (AvgIpc) is 2.81. The summed E-state index contributed by atoms with van der Waals surface area (Å²) >= 11 is 0. The van der Waals surface area contributed by atoms with Gasteiger partial charge in [0, 0.05) is 11.3 Å². The van der Waals surface area contributed by atoms with Gasteiger partial charge < -0.3 is 5.73 Å². The number of aromatic nitrogens is 2. The Hall–Kier alpha value is -1.64. The van der Waals surface area contributed by atoms with Gasteiger partial charge in [-0.25, -0.2) is 9.97 Å². The van der Waals surface area contributed by atoms with Crippen LogP contribution in [-0.4, -0.2) is 9.97 Å². The molecule has 0 atom stereocenters. The second kappa shape index (κ2) is 3.99. The van der Waals surface area contributed by atoms with Gasteiger partial charge in [0.15, 0.2) is 0 Å². The summed E-state index contributed by atoms with van der Waals surface area (Å²) < 4.78 is 0. The molecule has 17 heavy (non-hydrogen) atoms. The monoisotopic (exact) mass is 227 g/mol. The summed E-state index contributed by atoms with van der Waals surface area (Å²) in [5.74, 6) is 2.09. The van der Waals surface area contributed by atoms with Crippen LogP contribution in [0, 0.1) is 6.92 Å². The molecule has 1 saturated carbocycles. The minimum Gasteiger partial charge on any atom is -0.383 e. The Morgan fingerprint density at radius 3 is 2.71 bits per heavy atom. The molecule has 1 aromatic heterocycles. The highest BCUT2D eigenvalue weighted by Gasteiger charge is 2.21. The van der Waals surface area contributed by atoms with Crippen LogP contribution in [0.3, 0.4) is 0 Å². The SMILES string of the molecule is Cc1cccc2nc(C3CCCC3)nc(N)c12. The highest BCUT2D eigenvalue weighted by Crippen LogP contribution is 2.34. The molecule has 3 heteroatoms. The molecular weight excluding hydrogens is 210 g/mol. The van der Waals surface area contributed by atoms with Crippen molar-refractivity contribution < 1.29 is 0 Å². The van der Waals surface area contributed by atoms with E-state index in [1.165, 1.54) is 25.7 Å². The lowest BCUT2D eigenvalue weighted by atomic mass is 10.1. The first-order valence-electron chi connectivity index (χ1n) is 6.28. The van der Waals surface area contributed by atoms with E-state index in [2.05, 4.69) is 23.0 Å². The number of nitrogens with zero attached hydrogens (tertiary/aromatic N) is 2. The lowest BCUT2D eigenvalue weighted by Crippen LogP contribution is -2.05. The van der Waals surface area contributed by atoms with E-state index in [0.717, 1.165) is 22.3 Å². The number of hydrogen-bond donors (Lipinski definition) is 1. The van der Waals surface area contributed by atoms with Gasteiger partial charge in [-0.3, -0.25) is 0 Å². The van der Waals surface area contributed by atoms with Crippen LogP contribution in [0.5, 0.6) is 0 Å². The summed E-state index contributed by atoms with van der Waals surface area (Å²) in [7, 11) is 0. The van der Waals surface area contributed by atoms with E-state index < -0.39 is 0 Å². The van der Waals surface area contributed by atoms with Crippen molar-refractivity contribution in [2.45, 2.75) is 38.5 Å². The molecule has 3 nitrogen and oxygen atoms in total. The summed E-state index contributed by atoms with van der Waals surface area (Å²) in [4.78, 5) is 9.20. The second-order valence-corrected chi connectivity index (χ2v) is 4.92. The lowest BCUT2D eigenvalue weighted by Gasteiger charge is -2.11. The Labute approximate surface area is 101 Å². The van der Waals surface area contributed by atoms with Gasteiger partial charge in [-0.1, -0.05) is 25.0 Å². The van der Waals surface area contributed by atoms with E-state index in [0.29, 0.717) is 11.7 Å². The fraction of sp³-hybridized carbons (Fsp3) is 0.429. The van der Waals surface area contributed by atoms with Crippen LogP contribution >= 0.6 is 0 Å². The molecule has 0 amide bonds. The number of nitrogens with two attached hydrogens (primary N) is 1. The maximum atomic E-state index is 6.07. The van der Waals surface area contributed by atoms with Crippen LogP contribution in [0.25, 0.3) is 10.9 Å². The van der Waals surface area contributed by atoms with E-state index in [9.17, 15) is 0 Å². The average molecular weight is 227 g/mol. The fourth-order valence-corrected chi connectivity index (χ4v) is 2.77. The Morgan fingerprint density at radius 1 is 1.18 bits per heavy atom. The predicted octanol–water partition coefficient (Wildman–Crippen LogP) is 3.18. The molecule has 0 bridgehead atoms. The molecule has 88 valence electrons. The number of aryl methyl sites for hydroxylation is 1. The minimum atomic E-state index is 0.516. The first-order valence-corrected chi connectivity index (χ1v) is 6.28. The Morgan fingerprint density at radius 2 is 1.94 bits per heavy atom. The zero-order valence-corrected chi connectivity index (χ0v) is 10.1. The van der Waals surface area contributed by atoms with Crippen molar-refractivity contribution in [1.82, 2.24) is 9.97 Å². The number of fused-ring (bicyclic) bond motifs is 1. The van der Waals surface area contributed by atoms with Crippen LogP contribution in [0.1, 0.15) is 43.0 Å². The van der Waals surface area contributed by atoms with E-state index in [4.69, 9.17) is 5.73 Å². The minimum absolute atomic E-state index is 0.516. The quantitative estimate of drug-likeness (QED) is 0.814. The van der Waals surface area contributed by atoms with E-state index in [1.54, 1.807) is 0 Å². The van der Waals surface area contributed by atoms with Gasteiger partial charge in [-0.15, -0.1) is 0 Å². The molecule has 1 aliphatic rings. The van der Waals surface area contributed by atoms with Crippen molar-refractivity contribution in [2.24, 2.45) is 0 Å². The van der Waals surface area contributed by atoms with Crippen molar-refractivity contribution in [1.29, 1.82) is 0 Å². The molecule has 1 fully saturated rings. The molecule has 1 aromatic carbocycles. The number of anilines is 1. The summed E-state index contributed by atoms with van der Waals surface area (Å²) in [6.07, 6.45) is 4.99. The van der Waals surface area contributed by atoms with Gasteiger partial charge in [0.05, 0.1) is 5.52 Å². The highest BCUT2D eigenvalue weighted by molar-refractivity contribution is 5.90. The summed E-state index contributed by atoms with van der Waals surface area (Å²) in [5, 5.41) is 1.01.